The van der Waals surface area contributed by atoms with Crippen LogP contribution >= 0.6 is 0 Å². The van der Waals surface area contributed by atoms with Gasteiger partial charge in [0.2, 0.25) is 11.8 Å². The van der Waals surface area contributed by atoms with E-state index in [1.165, 1.54) is 18.3 Å². The number of benzene rings is 2. The molecule has 6 nitrogen and oxygen atoms in total. The SMILES string of the molecule is Cc1cc(C=NNC(=O)CCC(=O)Nc2cccc(C(F)(F)F)c2)cc(C)c1O. The molecule has 2 rings (SSSR count). The molecule has 29 heavy (non-hydrogen) atoms. The maximum Gasteiger partial charge on any atom is 0.416 e. The Balaban J connectivity index is 1.82. The van der Waals surface area contributed by atoms with Crippen molar-refractivity contribution in [1.29, 1.82) is 0 Å². The van der Waals surface area contributed by atoms with Gasteiger partial charge in [-0.2, -0.15) is 18.3 Å². The van der Waals surface area contributed by atoms with Crippen LogP contribution in [0.5, 0.6) is 5.75 Å². The molecule has 0 spiro atoms. The molecule has 0 saturated heterocycles. The van der Waals surface area contributed by atoms with Crippen LogP contribution < -0.4 is 10.7 Å². The van der Waals surface area contributed by atoms with Crippen LogP contribution in [-0.4, -0.2) is 23.1 Å². The number of hydrazone groups is 1. The molecule has 0 bridgehead atoms. The van der Waals surface area contributed by atoms with Crippen LogP contribution in [0.3, 0.4) is 0 Å². The van der Waals surface area contributed by atoms with Gasteiger partial charge in [0.05, 0.1) is 11.8 Å². The van der Waals surface area contributed by atoms with Gasteiger partial charge >= 0.3 is 6.18 Å². The van der Waals surface area contributed by atoms with Crippen LogP contribution in [0.4, 0.5) is 18.9 Å². The minimum atomic E-state index is -4.51. The van der Waals surface area contributed by atoms with Gasteiger partial charge in [0, 0.05) is 18.5 Å². The van der Waals surface area contributed by atoms with E-state index in [0.29, 0.717) is 16.7 Å². The van der Waals surface area contributed by atoms with Crippen molar-refractivity contribution in [3.8, 4) is 5.75 Å². The monoisotopic (exact) mass is 407 g/mol. The van der Waals surface area contributed by atoms with Crippen molar-refractivity contribution in [2.24, 2.45) is 5.10 Å². The lowest BCUT2D eigenvalue weighted by molar-refractivity contribution is -0.137. The molecule has 0 unspecified atom stereocenters. The lowest BCUT2D eigenvalue weighted by Gasteiger charge is -2.09. The van der Waals surface area contributed by atoms with Crippen LogP contribution in [0.1, 0.15) is 35.1 Å². The Kier molecular flexibility index (Phi) is 6.98. The molecule has 3 N–H and O–H groups in total. The summed E-state index contributed by atoms with van der Waals surface area (Å²) < 4.78 is 38.0. The van der Waals surface area contributed by atoms with E-state index >= 15 is 0 Å². The number of aromatic hydroxyl groups is 1. The number of phenols is 1. The Hall–Kier alpha value is -3.36. The Morgan fingerprint density at radius 1 is 1.07 bits per heavy atom. The number of carbonyl (C=O) groups is 2. The lowest BCUT2D eigenvalue weighted by atomic mass is 10.1. The zero-order chi connectivity index (χ0) is 21.6. The summed E-state index contributed by atoms with van der Waals surface area (Å²) in [5.41, 5.74) is 3.42. The molecule has 9 heteroatoms. The van der Waals surface area contributed by atoms with Crippen molar-refractivity contribution in [2.75, 3.05) is 5.32 Å². The topological polar surface area (TPSA) is 90.8 Å². The first-order valence-corrected chi connectivity index (χ1v) is 8.65. The number of phenolic OH excluding ortho intramolecular Hbond substituents is 1. The molecule has 0 aliphatic rings. The number of halogens is 3. The van der Waals surface area contributed by atoms with Crippen LogP contribution in [-0.2, 0) is 15.8 Å². The van der Waals surface area contributed by atoms with Crippen LogP contribution in [0.15, 0.2) is 41.5 Å². The molecular weight excluding hydrogens is 387 g/mol. The number of anilines is 1. The first kappa shape index (κ1) is 21.9. The smallest absolute Gasteiger partial charge is 0.416 e. The molecule has 0 aromatic heterocycles. The van der Waals surface area contributed by atoms with Gasteiger partial charge in [-0.15, -0.1) is 0 Å². The number of rotatable bonds is 6. The summed E-state index contributed by atoms with van der Waals surface area (Å²) in [6.07, 6.45) is -3.50. The molecule has 154 valence electrons. The van der Waals surface area contributed by atoms with Crippen molar-refractivity contribution < 1.29 is 27.9 Å². The van der Waals surface area contributed by atoms with Gasteiger partial charge < -0.3 is 10.4 Å². The number of aryl methyl sites for hydroxylation is 2. The summed E-state index contributed by atoms with van der Waals surface area (Å²) in [5, 5.41) is 15.8. The summed E-state index contributed by atoms with van der Waals surface area (Å²) in [5.74, 6) is -0.918. The Morgan fingerprint density at radius 2 is 1.69 bits per heavy atom. The first-order chi connectivity index (χ1) is 13.6. The largest absolute Gasteiger partial charge is 0.507 e. The van der Waals surface area contributed by atoms with E-state index in [1.807, 2.05) is 0 Å². The maximum absolute atomic E-state index is 12.7. The summed E-state index contributed by atoms with van der Waals surface area (Å²) in [4.78, 5) is 23.6. The quantitative estimate of drug-likeness (QED) is 0.501. The number of carbonyl (C=O) groups excluding carboxylic acids is 2. The van der Waals surface area contributed by atoms with Crippen molar-refractivity contribution >= 4 is 23.7 Å². The lowest BCUT2D eigenvalue weighted by Crippen LogP contribution is -2.20. The normalized spacial score (nSPS) is 11.5. The van der Waals surface area contributed by atoms with E-state index in [4.69, 9.17) is 0 Å². The Bertz CT molecular complexity index is 917. The molecule has 0 aliphatic carbocycles. The molecule has 0 radical (unpaired) electrons. The Labute approximate surface area is 165 Å². The summed E-state index contributed by atoms with van der Waals surface area (Å²) in [6.45, 7) is 3.47. The average molecular weight is 407 g/mol. The second kappa shape index (κ2) is 9.22. The highest BCUT2D eigenvalue weighted by Gasteiger charge is 2.30. The summed E-state index contributed by atoms with van der Waals surface area (Å²) in [7, 11) is 0. The number of nitrogens with one attached hydrogen (secondary N) is 2. The average Bonchev–Trinajstić information content (AvgIpc) is 2.64. The van der Waals surface area contributed by atoms with Gasteiger partial charge in [-0.25, -0.2) is 5.43 Å². The minimum Gasteiger partial charge on any atom is -0.507 e. The third-order valence-electron chi connectivity index (χ3n) is 3.97. The highest BCUT2D eigenvalue weighted by molar-refractivity contribution is 5.93. The van der Waals surface area contributed by atoms with E-state index < -0.39 is 23.6 Å². The number of amides is 2. The molecule has 0 saturated carbocycles. The van der Waals surface area contributed by atoms with Crippen molar-refractivity contribution in [3.05, 3.63) is 58.7 Å². The highest BCUT2D eigenvalue weighted by atomic mass is 19.4. The predicted octanol–water partition coefficient (Wildman–Crippen LogP) is 3.90. The van der Waals surface area contributed by atoms with Gasteiger partial charge in [0.15, 0.2) is 0 Å². The van der Waals surface area contributed by atoms with Gasteiger partial charge in [-0.1, -0.05) is 6.07 Å². The van der Waals surface area contributed by atoms with E-state index in [-0.39, 0.29) is 24.3 Å². The number of alkyl halides is 3. The van der Waals surface area contributed by atoms with Gasteiger partial charge in [-0.3, -0.25) is 9.59 Å². The minimum absolute atomic E-state index is 0.00123. The summed E-state index contributed by atoms with van der Waals surface area (Å²) >= 11 is 0. The predicted molar refractivity (Wildman–Crippen MR) is 103 cm³/mol. The standard InChI is InChI=1S/C20H20F3N3O3/c1-12-8-14(9-13(2)19(12)29)11-24-26-18(28)7-6-17(27)25-16-5-3-4-15(10-16)20(21,22)23/h3-5,8-11,29H,6-7H2,1-2H3,(H,25,27)(H,26,28). The molecule has 0 atom stereocenters. The van der Waals surface area contributed by atoms with Crippen LogP contribution in [0.2, 0.25) is 0 Å². The second-order valence-electron chi connectivity index (χ2n) is 6.42. The first-order valence-electron chi connectivity index (χ1n) is 8.65. The van der Waals surface area contributed by atoms with E-state index in [1.54, 1.807) is 26.0 Å². The molecule has 2 amide bonds. The molecule has 0 aliphatic heterocycles. The van der Waals surface area contributed by atoms with Gasteiger partial charge in [0.1, 0.15) is 5.75 Å². The number of hydrogen-bond donors (Lipinski definition) is 3. The van der Waals surface area contributed by atoms with Gasteiger partial charge in [0.25, 0.3) is 0 Å². The molecule has 2 aromatic rings. The van der Waals surface area contributed by atoms with E-state index in [0.717, 1.165) is 12.1 Å². The molecule has 2 aromatic carbocycles. The van der Waals surface area contributed by atoms with Crippen LogP contribution in [0, 0.1) is 13.8 Å². The number of nitrogens with zero attached hydrogens (tertiary/aromatic N) is 1. The maximum atomic E-state index is 12.7. The second-order valence-corrected chi connectivity index (χ2v) is 6.42. The Morgan fingerprint density at radius 3 is 2.31 bits per heavy atom. The van der Waals surface area contributed by atoms with Crippen molar-refractivity contribution in [1.82, 2.24) is 5.43 Å². The number of hydrogen-bond acceptors (Lipinski definition) is 4. The van der Waals surface area contributed by atoms with Crippen molar-refractivity contribution in [3.63, 3.8) is 0 Å². The fraction of sp³-hybridized carbons (Fsp3) is 0.250. The molecular formula is C20H20F3N3O3. The fourth-order valence-electron chi connectivity index (χ4n) is 2.52. The van der Waals surface area contributed by atoms with E-state index in [9.17, 15) is 27.9 Å². The zero-order valence-electron chi connectivity index (χ0n) is 15.8. The van der Waals surface area contributed by atoms with Crippen LogP contribution in [0.25, 0.3) is 0 Å². The third-order valence-corrected chi connectivity index (χ3v) is 3.97. The fourth-order valence-corrected chi connectivity index (χ4v) is 2.52. The van der Waals surface area contributed by atoms with E-state index in [2.05, 4.69) is 15.8 Å². The zero-order valence-corrected chi connectivity index (χ0v) is 15.8. The molecule has 0 heterocycles. The highest BCUT2D eigenvalue weighted by Crippen LogP contribution is 2.30. The van der Waals surface area contributed by atoms with Gasteiger partial charge in [-0.05, 0) is 60.9 Å². The van der Waals surface area contributed by atoms with Crippen molar-refractivity contribution in [2.45, 2.75) is 32.9 Å². The third kappa shape index (κ3) is 6.63. The summed E-state index contributed by atoms with van der Waals surface area (Å²) in [6, 6.07) is 7.63. The molecule has 0 fully saturated rings.